The molecule has 0 unspecified atom stereocenters. The summed E-state index contributed by atoms with van der Waals surface area (Å²) in [5.74, 6) is 10.0. The normalized spacial score (nSPS) is 10.5. The lowest BCUT2D eigenvalue weighted by molar-refractivity contribution is -0.131. The highest BCUT2D eigenvalue weighted by atomic mass is 16.4. The van der Waals surface area contributed by atoms with E-state index in [1.807, 2.05) is 0 Å². The largest absolute Gasteiger partial charge is 0.478 e. The van der Waals surface area contributed by atoms with Crippen LogP contribution in [0.5, 0.6) is 0 Å². The number of carboxylic acids is 1. The van der Waals surface area contributed by atoms with Crippen molar-refractivity contribution in [2.24, 2.45) is 0 Å². The second-order valence-corrected chi connectivity index (χ2v) is 8.71. The summed E-state index contributed by atoms with van der Waals surface area (Å²) in [6.07, 6.45) is 31.2. The summed E-state index contributed by atoms with van der Waals surface area (Å²) in [5.41, 5.74) is 0. The van der Waals surface area contributed by atoms with Crippen LogP contribution in [0.1, 0.15) is 142 Å². The van der Waals surface area contributed by atoms with Gasteiger partial charge in [0.25, 0.3) is 0 Å². The molecule has 0 spiro atoms. The number of unbranched alkanes of at least 4 members (excludes halogenated alkanes) is 20. The number of carboxylic acid groups (broad SMARTS) is 1. The Bertz CT molecular complexity index is 539. The van der Waals surface area contributed by atoms with E-state index in [2.05, 4.69) is 30.6 Å². The Labute approximate surface area is 193 Å². The van der Waals surface area contributed by atoms with Gasteiger partial charge >= 0.3 is 5.97 Å². The van der Waals surface area contributed by atoms with Crippen molar-refractivity contribution in [3.05, 3.63) is 12.2 Å². The van der Waals surface area contributed by atoms with Gasteiger partial charge in [-0.25, -0.2) is 4.79 Å². The van der Waals surface area contributed by atoms with Crippen molar-refractivity contribution in [3.8, 4) is 23.7 Å². The van der Waals surface area contributed by atoms with E-state index < -0.39 is 5.97 Å². The van der Waals surface area contributed by atoms with Gasteiger partial charge in [-0.15, -0.1) is 0 Å². The first-order chi connectivity index (χ1) is 15.3. The third-order valence-electron chi connectivity index (χ3n) is 5.69. The van der Waals surface area contributed by atoms with Gasteiger partial charge in [0.15, 0.2) is 0 Å². The van der Waals surface area contributed by atoms with Crippen LogP contribution < -0.4 is 0 Å². The SMILES string of the molecule is CCCCCCCCCCCCCCCCCCCCCCC#CC#CC=CC(=O)O. The second-order valence-electron chi connectivity index (χ2n) is 8.71. The predicted molar refractivity (Wildman–Crippen MR) is 135 cm³/mol. The summed E-state index contributed by atoms with van der Waals surface area (Å²) in [7, 11) is 0. The van der Waals surface area contributed by atoms with Crippen LogP contribution >= 0.6 is 0 Å². The lowest BCUT2D eigenvalue weighted by Crippen LogP contribution is -1.84. The molecule has 0 heterocycles. The number of hydrogen-bond donors (Lipinski definition) is 1. The third kappa shape index (κ3) is 28.3. The third-order valence-corrected chi connectivity index (χ3v) is 5.69. The van der Waals surface area contributed by atoms with E-state index in [0.29, 0.717) is 0 Å². The smallest absolute Gasteiger partial charge is 0.328 e. The van der Waals surface area contributed by atoms with Crippen LogP contribution in [-0.2, 0) is 4.79 Å². The number of aliphatic carboxylic acids is 1. The average Bonchev–Trinajstić information content (AvgIpc) is 2.76. The van der Waals surface area contributed by atoms with Gasteiger partial charge in [-0.2, -0.15) is 0 Å². The van der Waals surface area contributed by atoms with E-state index in [9.17, 15) is 4.79 Å². The van der Waals surface area contributed by atoms with Crippen molar-refractivity contribution in [1.29, 1.82) is 0 Å². The molecule has 0 aromatic rings. The molecule has 0 saturated carbocycles. The zero-order valence-electron chi connectivity index (χ0n) is 20.4. The molecule has 0 amide bonds. The fourth-order valence-corrected chi connectivity index (χ4v) is 3.77. The fraction of sp³-hybridized carbons (Fsp3) is 0.759. The first kappa shape index (κ1) is 29.3. The predicted octanol–water partition coefficient (Wildman–Crippen LogP) is 8.85. The quantitative estimate of drug-likeness (QED) is 0.113. The molecule has 2 heteroatoms. The molecule has 0 aliphatic rings. The van der Waals surface area contributed by atoms with Gasteiger partial charge in [0.05, 0.1) is 0 Å². The zero-order valence-corrected chi connectivity index (χ0v) is 20.4. The van der Waals surface area contributed by atoms with Gasteiger partial charge in [-0.1, -0.05) is 141 Å². The number of hydrogen-bond acceptors (Lipinski definition) is 1. The van der Waals surface area contributed by atoms with Crippen LogP contribution in [-0.4, -0.2) is 11.1 Å². The Morgan fingerprint density at radius 3 is 1.39 bits per heavy atom. The molecule has 0 radical (unpaired) electrons. The number of rotatable bonds is 21. The van der Waals surface area contributed by atoms with E-state index in [1.54, 1.807) is 0 Å². The second kappa shape index (κ2) is 26.4. The fourth-order valence-electron chi connectivity index (χ4n) is 3.77. The molecule has 1 N–H and O–H groups in total. The lowest BCUT2D eigenvalue weighted by atomic mass is 10.0. The first-order valence-electron chi connectivity index (χ1n) is 13.1. The van der Waals surface area contributed by atoms with Gasteiger partial charge in [0.2, 0.25) is 0 Å². The molecule has 0 aromatic carbocycles. The molecule has 0 rings (SSSR count). The van der Waals surface area contributed by atoms with Crippen LogP contribution in [0.2, 0.25) is 0 Å². The summed E-state index contributed by atoms with van der Waals surface area (Å²) in [4.78, 5) is 10.2. The Hall–Kier alpha value is -1.67. The molecule has 0 aromatic heterocycles. The van der Waals surface area contributed by atoms with Crippen molar-refractivity contribution in [1.82, 2.24) is 0 Å². The Morgan fingerprint density at radius 1 is 0.613 bits per heavy atom. The van der Waals surface area contributed by atoms with Crippen LogP contribution in [0.25, 0.3) is 0 Å². The van der Waals surface area contributed by atoms with Crippen LogP contribution in [0.15, 0.2) is 12.2 Å². The standard InChI is InChI=1S/C29H48O2/c1-2-3-4-5-6-7-8-9-10-11-12-13-14-15-16-17-18-19-20-21-22-23-24-25-26-27-28-29(30)31/h27-28H,2-22H2,1H3,(H,30,31). The lowest BCUT2D eigenvalue weighted by Gasteiger charge is -2.04. The van der Waals surface area contributed by atoms with Crippen LogP contribution in [0, 0.1) is 23.7 Å². The highest BCUT2D eigenvalue weighted by molar-refractivity contribution is 5.80. The monoisotopic (exact) mass is 428 g/mol. The minimum absolute atomic E-state index is 0.885. The van der Waals surface area contributed by atoms with E-state index in [4.69, 9.17) is 5.11 Å². The highest BCUT2D eigenvalue weighted by Crippen LogP contribution is 2.14. The maximum absolute atomic E-state index is 10.2. The maximum Gasteiger partial charge on any atom is 0.328 e. The van der Waals surface area contributed by atoms with Crippen molar-refractivity contribution in [2.75, 3.05) is 0 Å². The van der Waals surface area contributed by atoms with E-state index >= 15 is 0 Å². The molecule has 0 bridgehead atoms. The summed E-state index contributed by atoms with van der Waals surface area (Å²) in [5, 5.41) is 8.41. The van der Waals surface area contributed by atoms with Crippen LogP contribution in [0.4, 0.5) is 0 Å². The highest BCUT2D eigenvalue weighted by Gasteiger charge is 1.95. The molecule has 176 valence electrons. The minimum Gasteiger partial charge on any atom is -0.478 e. The van der Waals surface area contributed by atoms with Crippen molar-refractivity contribution >= 4 is 5.97 Å². The van der Waals surface area contributed by atoms with E-state index in [0.717, 1.165) is 18.9 Å². The molecule has 31 heavy (non-hydrogen) atoms. The number of allylic oxidation sites excluding steroid dienone is 1. The van der Waals surface area contributed by atoms with Gasteiger partial charge in [-0.3, -0.25) is 0 Å². The first-order valence-corrected chi connectivity index (χ1v) is 13.1. The Kier molecular flexibility index (Phi) is 24.9. The van der Waals surface area contributed by atoms with Crippen molar-refractivity contribution in [3.63, 3.8) is 0 Å². The summed E-state index contributed by atoms with van der Waals surface area (Å²) < 4.78 is 0. The average molecular weight is 429 g/mol. The van der Waals surface area contributed by atoms with Gasteiger partial charge < -0.3 is 5.11 Å². The van der Waals surface area contributed by atoms with Gasteiger partial charge in [0, 0.05) is 12.5 Å². The summed E-state index contributed by atoms with van der Waals surface area (Å²) in [6, 6.07) is 0. The Balaban J connectivity index is 3.17. The summed E-state index contributed by atoms with van der Waals surface area (Å²) in [6.45, 7) is 2.29. The van der Waals surface area contributed by atoms with Gasteiger partial charge in [0.1, 0.15) is 0 Å². The van der Waals surface area contributed by atoms with Crippen LogP contribution in [0.3, 0.4) is 0 Å². The summed E-state index contributed by atoms with van der Waals surface area (Å²) >= 11 is 0. The Morgan fingerprint density at radius 2 is 1.00 bits per heavy atom. The van der Waals surface area contributed by atoms with Crippen molar-refractivity contribution < 1.29 is 9.90 Å². The van der Waals surface area contributed by atoms with Crippen molar-refractivity contribution in [2.45, 2.75) is 142 Å². The van der Waals surface area contributed by atoms with E-state index in [-0.39, 0.29) is 0 Å². The minimum atomic E-state index is -0.980. The molecule has 2 nitrogen and oxygen atoms in total. The molecule has 0 aliphatic heterocycles. The molecule has 0 aliphatic carbocycles. The van der Waals surface area contributed by atoms with Gasteiger partial charge in [-0.05, 0) is 24.3 Å². The molecule has 0 saturated heterocycles. The maximum atomic E-state index is 10.2. The molecule has 0 atom stereocenters. The molecular weight excluding hydrogens is 380 g/mol. The molecular formula is C29H48O2. The topological polar surface area (TPSA) is 37.3 Å². The number of carbonyl (C=O) groups is 1. The molecule has 0 fully saturated rings. The zero-order chi connectivity index (χ0) is 22.7. The van der Waals surface area contributed by atoms with E-state index in [1.165, 1.54) is 128 Å².